The van der Waals surface area contributed by atoms with Crippen molar-refractivity contribution in [2.75, 3.05) is 7.11 Å². The van der Waals surface area contributed by atoms with Crippen molar-refractivity contribution < 1.29 is 19.1 Å². The maximum atomic E-state index is 12.8. The lowest BCUT2D eigenvalue weighted by Crippen LogP contribution is -2.08. The van der Waals surface area contributed by atoms with Crippen LogP contribution in [0.1, 0.15) is 23.0 Å². The summed E-state index contributed by atoms with van der Waals surface area (Å²) in [6, 6.07) is 11.8. The number of carbonyl (C=O) groups is 2. The molecule has 0 amide bonds. The number of hydrogen-bond acceptors (Lipinski definition) is 4. The Morgan fingerprint density at radius 3 is 2.42 bits per heavy atom. The first-order valence-corrected chi connectivity index (χ1v) is 7.56. The molecule has 0 aliphatic carbocycles. The number of aromatic nitrogens is 1. The number of ketones is 1. The van der Waals surface area contributed by atoms with E-state index in [-0.39, 0.29) is 17.2 Å². The van der Waals surface area contributed by atoms with E-state index in [0.717, 1.165) is 0 Å². The Morgan fingerprint density at radius 1 is 1.08 bits per heavy atom. The highest BCUT2D eigenvalue weighted by Gasteiger charge is 2.22. The number of carbonyl (C=O) groups excluding carboxylic acids is 2. The smallest absolute Gasteiger partial charge is 0.308 e. The third-order valence-electron chi connectivity index (χ3n) is 3.54. The summed E-state index contributed by atoms with van der Waals surface area (Å²) in [6.07, 6.45) is 0. The van der Waals surface area contributed by atoms with Crippen molar-refractivity contribution in [3.8, 4) is 11.5 Å². The summed E-state index contributed by atoms with van der Waals surface area (Å²) in [7, 11) is 1.55. The predicted molar refractivity (Wildman–Crippen MR) is 91.0 cm³/mol. The first-order valence-electron chi connectivity index (χ1n) is 7.18. The van der Waals surface area contributed by atoms with Crippen molar-refractivity contribution in [3.05, 3.63) is 58.7 Å². The van der Waals surface area contributed by atoms with Crippen LogP contribution < -0.4 is 9.47 Å². The Kier molecular flexibility index (Phi) is 4.27. The number of hydrogen-bond donors (Lipinski definition) is 1. The van der Waals surface area contributed by atoms with Crippen molar-refractivity contribution in [1.82, 2.24) is 4.98 Å². The van der Waals surface area contributed by atoms with Gasteiger partial charge in [0, 0.05) is 28.4 Å². The summed E-state index contributed by atoms with van der Waals surface area (Å²) >= 11 is 6.01. The molecular formula is C18H14ClNO4. The number of esters is 1. The fraction of sp³-hybridized carbons (Fsp3) is 0.111. The number of fused-ring (bicyclic) bond motifs is 1. The highest BCUT2D eigenvalue weighted by Crippen LogP contribution is 2.33. The van der Waals surface area contributed by atoms with Gasteiger partial charge in [0.2, 0.25) is 5.78 Å². The van der Waals surface area contributed by atoms with Crippen LogP contribution in [-0.4, -0.2) is 23.8 Å². The lowest BCUT2D eigenvalue weighted by atomic mass is 10.1. The van der Waals surface area contributed by atoms with E-state index in [9.17, 15) is 9.59 Å². The van der Waals surface area contributed by atoms with Crippen LogP contribution in [0, 0.1) is 0 Å². The van der Waals surface area contributed by atoms with Crippen molar-refractivity contribution in [2.24, 2.45) is 0 Å². The van der Waals surface area contributed by atoms with Crippen LogP contribution in [0.2, 0.25) is 5.02 Å². The summed E-state index contributed by atoms with van der Waals surface area (Å²) in [4.78, 5) is 27.3. The monoisotopic (exact) mass is 343 g/mol. The third-order valence-corrected chi connectivity index (χ3v) is 3.77. The number of H-pyrrole nitrogens is 1. The Bertz CT molecular complexity index is 928. The third kappa shape index (κ3) is 2.98. The van der Waals surface area contributed by atoms with E-state index in [0.29, 0.717) is 27.2 Å². The molecule has 0 bridgehead atoms. The minimum absolute atomic E-state index is 0.181. The fourth-order valence-corrected chi connectivity index (χ4v) is 2.61. The molecule has 2 aromatic carbocycles. The van der Waals surface area contributed by atoms with Crippen molar-refractivity contribution in [1.29, 1.82) is 0 Å². The second-order valence-electron chi connectivity index (χ2n) is 5.17. The van der Waals surface area contributed by atoms with Crippen LogP contribution in [0.3, 0.4) is 0 Å². The van der Waals surface area contributed by atoms with E-state index >= 15 is 0 Å². The van der Waals surface area contributed by atoms with Gasteiger partial charge in [0.25, 0.3) is 0 Å². The second kappa shape index (κ2) is 6.37. The molecular weight excluding hydrogens is 330 g/mol. The van der Waals surface area contributed by atoms with E-state index < -0.39 is 5.97 Å². The molecule has 0 atom stereocenters. The van der Waals surface area contributed by atoms with E-state index in [1.165, 1.54) is 6.92 Å². The molecule has 0 radical (unpaired) electrons. The van der Waals surface area contributed by atoms with Gasteiger partial charge in [-0.05, 0) is 42.5 Å². The van der Waals surface area contributed by atoms with Crippen LogP contribution in [-0.2, 0) is 4.79 Å². The summed E-state index contributed by atoms with van der Waals surface area (Å²) in [5.74, 6) is 0.0249. The molecule has 3 rings (SSSR count). The van der Waals surface area contributed by atoms with Gasteiger partial charge in [0.1, 0.15) is 11.4 Å². The minimum Gasteiger partial charge on any atom is -0.497 e. The van der Waals surface area contributed by atoms with Crippen LogP contribution in [0.15, 0.2) is 42.5 Å². The van der Waals surface area contributed by atoms with Crippen LogP contribution in [0.25, 0.3) is 10.9 Å². The van der Waals surface area contributed by atoms with Gasteiger partial charge in [-0.25, -0.2) is 0 Å². The van der Waals surface area contributed by atoms with Crippen molar-refractivity contribution >= 4 is 34.3 Å². The normalized spacial score (nSPS) is 10.6. The van der Waals surface area contributed by atoms with Crippen molar-refractivity contribution in [2.45, 2.75) is 6.92 Å². The Morgan fingerprint density at radius 2 is 1.79 bits per heavy atom. The Hall–Kier alpha value is -2.79. The maximum Gasteiger partial charge on any atom is 0.308 e. The molecule has 0 saturated heterocycles. The largest absolute Gasteiger partial charge is 0.497 e. The molecule has 24 heavy (non-hydrogen) atoms. The zero-order chi connectivity index (χ0) is 17.3. The highest BCUT2D eigenvalue weighted by molar-refractivity contribution is 6.31. The lowest BCUT2D eigenvalue weighted by Gasteiger charge is -2.05. The first kappa shape index (κ1) is 16.1. The van der Waals surface area contributed by atoms with Gasteiger partial charge in [0.15, 0.2) is 5.75 Å². The SMILES string of the molecule is COc1ccc(C(=O)c2[nH]c3ccc(Cl)cc3c2OC(C)=O)cc1. The molecule has 0 unspecified atom stereocenters. The van der Waals surface area contributed by atoms with Gasteiger partial charge >= 0.3 is 5.97 Å². The Balaban J connectivity index is 2.12. The van der Waals surface area contributed by atoms with Crippen LogP contribution >= 0.6 is 11.6 Å². The molecule has 1 heterocycles. The molecule has 1 aromatic heterocycles. The molecule has 6 heteroatoms. The number of benzene rings is 2. The quantitative estimate of drug-likeness (QED) is 0.574. The van der Waals surface area contributed by atoms with Gasteiger partial charge < -0.3 is 14.5 Å². The molecule has 122 valence electrons. The van der Waals surface area contributed by atoms with Crippen LogP contribution in [0.4, 0.5) is 0 Å². The average molecular weight is 344 g/mol. The number of ether oxygens (including phenoxy) is 2. The van der Waals surface area contributed by atoms with Gasteiger partial charge in [-0.3, -0.25) is 9.59 Å². The van der Waals surface area contributed by atoms with Crippen molar-refractivity contribution in [3.63, 3.8) is 0 Å². The summed E-state index contributed by atoms with van der Waals surface area (Å²) < 4.78 is 10.4. The molecule has 0 fully saturated rings. The second-order valence-corrected chi connectivity index (χ2v) is 5.61. The number of halogens is 1. The highest BCUT2D eigenvalue weighted by atomic mass is 35.5. The van der Waals surface area contributed by atoms with Crippen LogP contribution in [0.5, 0.6) is 11.5 Å². The van der Waals surface area contributed by atoms with Gasteiger partial charge in [-0.2, -0.15) is 0 Å². The molecule has 0 aliphatic heterocycles. The minimum atomic E-state index is -0.514. The zero-order valence-electron chi connectivity index (χ0n) is 13.1. The molecule has 0 spiro atoms. The van der Waals surface area contributed by atoms with Gasteiger partial charge in [0.05, 0.1) is 7.11 Å². The number of methoxy groups -OCH3 is 1. The lowest BCUT2D eigenvalue weighted by molar-refractivity contribution is -0.131. The fourth-order valence-electron chi connectivity index (χ4n) is 2.44. The molecule has 0 saturated carbocycles. The molecule has 3 aromatic rings. The maximum absolute atomic E-state index is 12.8. The van der Waals surface area contributed by atoms with Gasteiger partial charge in [-0.15, -0.1) is 0 Å². The standard InChI is InChI=1S/C18H14ClNO4/c1-10(21)24-18-14-9-12(19)5-8-15(14)20-16(18)17(22)11-3-6-13(23-2)7-4-11/h3-9,20H,1-2H3. The van der Waals surface area contributed by atoms with E-state index in [2.05, 4.69) is 4.98 Å². The number of aromatic amines is 1. The van der Waals surface area contributed by atoms with E-state index in [1.54, 1.807) is 49.6 Å². The number of rotatable bonds is 4. The van der Waals surface area contributed by atoms with Gasteiger partial charge in [-0.1, -0.05) is 11.6 Å². The Labute approximate surface area is 143 Å². The number of nitrogens with one attached hydrogen (secondary N) is 1. The summed E-state index contributed by atoms with van der Waals surface area (Å²) in [5, 5.41) is 1.06. The van der Waals surface area contributed by atoms with E-state index in [4.69, 9.17) is 21.1 Å². The zero-order valence-corrected chi connectivity index (χ0v) is 13.8. The molecule has 5 nitrogen and oxygen atoms in total. The predicted octanol–water partition coefficient (Wildman–Crippen LogP) is 3.99. The van der Waals surface area contributed by atoms with E-state index in [1.807, 2.05) is 0 Å². The first-order chi connectivity index (χ1) is 11.5. The molecule has 0 aliphatic rings. The molecule has 1 N–H and O–H groups in total. The average Bonchev–Trinajstić information content (AvgIpc) is 2.91. The summed E-state index contributed by atoms with van der Waals surface area (Å²) in [6.45, 7) is 1.28. The topological polar surface area (TPSA) is 68.4 Å². The summed E-state index contributed by atoms with van der Waals surface area (Å²) in [5.41, 5.74) is 1.31.